The van der Waals surface area contributed by atoms with Crippen molar-refractivity contribution < 1.29 is 14.3 Å². The Hall–Kier alpha value is -1.75. The maximum atomic E-state index is 12.0. The lowest BCUT2D eigenvalue weighted by molar-refractivity contribution is -0.120. The van der Waals surface area contributed by atoms with Gasteiger partial charge in [-0.05, 0) is 25.0 Å². The fourth-order valence-electron chi connectivity index (χ4n) is 2.06. The minimum Gasteiger partial charge on any atom is -0.486 e. The van der Waals surface area contributed by atoms with Crippen molar-refractivity contribution in [2.45, 2.75) is 12.8 Å². The minimum atomic E-state index is -0.340. The van der Waals surface area contributed by atoms with Crippen molar-refractivity contribution >= 4 is 11.6 Å². The van der Waals surface area contributed by atoms with Crippen molar-refractivity contribution in [3.8, 4) is 11.5 Å². The molecule has 0 bridgehead atoms. The number of hydrogen-bond acceptors (Lipinski definition) is 4. The van der Waals surface area contributed by atoms with Gasteiger partial charge >= 0.3 is 0 Å². The van der Waals surface area contributed by atoms with Gasteiger partial charge in [-0.2, -0.15) is 0 Å². The molecule has 5 heteroatoms. The predicted molar refractivity (Wildman–Crippen MR) is 66.8 cm³/mol. The number of ether oxygens (including phenoxy) is 2. The zero-order valence-corrected chi connectivity index (χ0v) is 10.1. The second-order valence-electron chi connectivity index (χ2n) is 4.80. The highest BCUT2D eigenvalue weighted by molar-refractivity contribution is 5.97. The van der Waals surface area contributed by atoms with Crippen molar-refractivity contribution in [1.29, 1.82) is 0 Å². The number of nitrogens with one attached hydrogen (secondary N) is 1. The first kappa shape index (κ1) is 11.3. The lowest BCUT2D eigenvalue weighted by atomic mass is 10.1. The highest BCUT2D eigenvalue weighted by Gasteiger charge is 2.48. The Morgan fingerprint density at radius 2 is 2.00 bits per heavy atom. The van der Waals surface area contributed by atoms with Gasteiger partial charge in [-0.25, -0.2) is 0 Å². The number of amides is 1. The molecular weight excluding hydrogens is 232 g/mol. The molecule has 1 aliphatic heterocycles. The van der Waals surface area contributed by atoms with Gasteiger partial charge in [0.1, 0.15) is 13.2 Å². The number of benzene rings is 1. The minimum absolute atomic E-state index is 0.00155. The van der Waals surface area contributed by atoms with Crippen molar-refractivity contribution in [3.05, 3.63) is 18.2 Å². The summed E-state index contributed by atoms with van der Waals surface area (Å²) < 4.78 is 10.9. The molecule has 2 aliphatic rings. The molecule has 0 spiro atoms. The third-order valence-electron chi connectivity index (χ3n) is 3.53. The molecule has 3 rings (SSSR count). The molecule has 1 fully saturated rings. The van der Waals surface area contributed by atoms with Crippen molar-refractivity contribution in [1.82, 2.24) is 0 Å². The van der Waals surface area contributed by atoms with E-state index in [-0.39, 0.29) is 11.3 Å². The van der Waals surface area contributed by atoms with E-state index in [1.54, 1.807) is 6.07 Å². The van der Waals surface area contributed by atoms with Crippen LogP contribution in [-0.2, 0) is 4.79 Å². The summed E-state index contributed by atoms with van der Waals surface area (Å²) in [6, 6.07) is 5.42. The first-order valence-electron chi connectivity index (χ1n) is 6.15. The SMILES string of the molecule is NCC1(C(=O)Nc2ccc3c(c2)OCCO3)CC1. The lowest BCUT2D eigenvalue weighted by Gasteiger charge is -2.19. The largest absolute Gasteiger partial charge is 0.486 e. The third-order valence-corrected chi connectivity index (χ3v) is 3.53. The van der Waals surface area contributed by atoms with E-state index in [1.807, 2.05) is 12.1 Å². The zero-order chi connectivity index (χ0) is 12.6. The molecule has 0 radical (unpaired) electrons. The van der Waals surface area contributed by atoms with Crippen LogP contribution < -0.4 is 20.5 Å². The molecule has 1 aromatic carbocycles. The van der Waals surface area contributed by atoms with Crippen molar-refractivity contribution in [3.63, 3.8) is 0 Å². The van der Waals surface area contributed by atoms with Gasteiger partial charge in [-0.1, -0.05) is 0 Å². The normalized spacial score (nSPS) is 19.2. The molecule has 0 saturated heterocycles. The van der Waals surface area contributed by atoms with E-state index in [1.165, 1.54) is 0 Å². The van der Waals surface area contributed by atoms with E-state index in [0.29, 0.717) is 25.5 Å². The van der Waals surface area contributed by atoms with Crippen LogP contribution in [-0.4, -0.2) is 25.7 Å². The maximum Gasteiger partial charge on any atom is 0.231 e. The highest BCUT2D eigenvalue weighted by atomic mass is 16.6. The van der Waals surface area contributed by atoms with Gasteiger partial charge in [0.25, 0.3) is 0 Å². The molecule has 0 aromatic heterocycles. The predicted octanol–water partition coefficient (Wildman–Crippen LogP) is 1.14. The van der Waals surface area contributed by atoms with Gasteiger partial charge < -0.3 is 20.5 Å². The fourth-order valence-corrected chi connectivity index (χ4v) is 2.06. The van der Waals surface area contributed by atoms with E-state index >= 15 is 0 Å². The van der Waals surface area contributed by atoms with E-state index in [4.69, 9.17) is 15.2 Å². The van der Waals surface area contributed by atoms with Gasteiger partial charge in [0.15, 0.2) is 11.5 Å². The Balaban J connectivity index is 1.75. The number of nitrogens with two attached hydrogens (primary N) is 1. The van der Waals surface area contributed by atoms with E-state index < -0.39 is 0 Å². The maximum absolute atomic E-state index is 12.0. The van der Waals surface area contributed by atoms with Gasteiger partial charge in [0, 0.05) is 18.3 Å². The Morgan fingerprint density at radius 1 is 1.28 bits per heavy atom. The summed E-state index contributed by atoms with van der Waals surface area (Å²) in [6.45, 7) is 1.51. The summed E-state index contributed by atoms with van der Waals surface area (Å²) in [5.41, 5.74) is 6.01. The number of hydrogen-bond donors (Lipinski definition) is 2. The first-order valence-corrected chi connectivity index (χ1v) is 6.15. The molecule has 18 heavy (non-hydrogen) atoms. The van der Waals surface area contributed by atoms with E-state index in [2.05, 4.69) is 5.32 Å². The Kier molecular flexibility index (Phi) is 2.63. The smallest absolute Gasteiger partial charge is 0.231 e. The monoisotopic (exact) mass is 248 g/mol. The molecular formula is C13H16N2O3. The van der Waals surface area contributed by atoms with Crippen LogP contribution in [0.5, 0.6) is 11.5 Å². The summed E-state index contributed by atoms with van der Waals surface area (Å²) in [6.07, 6.45) is 1.75. The molecule has 1 aliphatic carbocycles. The number of carbonyl (C=O) groups excluding carboxylic acids is 1. The summed E-state index contributed by atoms with van der Waals surface area (Å²) in [5.74, 6) is 1.40. The van der Waals surface area contributed by atoms with Gasteiger partial charge in [0.2, 0.25) is 5.91 Å². The number of carbonyl (C=O) groups is 1. The molecule has 1 amide bonds. The summed E-state index contributed by atoms with van der Waals surface area (Å²) in [5, 5.41) is 2.89. The Labute approximate surface area is 105 Å². The van der Waals surface area contributed by atoms with Crippen LogP contribution in [0.25, 0.3) is 0 Å². The van der Waals surface area contributed by atoms with Gasteiger partial charge in [-0.3, -0.25) is 4.79 Å². The van der Waals surface area contributed by atoms with Crippen molar-refractivity contribution in [2.24, 2.45) is 11.1 Å². The number of rotatable bonds is 3. The summed E-state index contributed by atoms with van der Waals surface area (Å²) >= 11 is 0. The average molecular weight is 248 g/mol. The fraction of sp³-hybridized carbons (Fsp3) is 0.462. The van der Waals surface area contributed by atoms with Crippen LogP contribution in [0.15, 0.2) is 18.2 Å². The molecule has 0 unspecified atom stereocenters. The van der Waals surface area contributed by atoms with E-state index in [0.717, 1.165) is 24.3 Å². The van der Waals surface area contributed by atoms with Gasteiger partial charge in [0.05, 0.1) is 5.41 Å². The Bertz CT molecular complexity index is 483. The standard InChI is InChI=1S/C13H16N2O3/c14-8-13(3-4-13)12(16)15-9-1-2-10-11(7-9)18-6-5-17-10/h1-2,7H,3-6,8,14H2,(H,15,16). The molecule has 3 N–H and O–H groups in total. The third kappa shape index (κ3) is 1.90. The molecule has 1 heterocycles. The highest BCUT2D eigenvalue weighted by Crippen LogP contribution is 2.45. The summed E-state index contributed by atoms with van der Waals surface area (Å²) in [4.78, 5) is 12.0. The summed E-state index contributed by atoms with van der Waals surface area (Å²) in [7, 11) is 0. The van der Waals surface area contributed by atoms with Crippen LogP contribution in [0.4, 0.5) is 5.69 Å². The van der Waals surface area contributed by atoms with Crippen LogP contribution >= 0.6 is 0 Å². The quantitative estimate of drug-likeness (QED) is 0.841. The topological polar surface area (TPSA) is 73.6 Å². The number of anilines is 1. The van der Waals surface area contributed by atoms with E-state index in [9.17, 15) is 4.79 Å². The molecule has 0 atom stereocenters. The first-order chi connectivity index (χ1) is 8.73. The molecule has 5 nitrogen and oxygen atoms in total. The van der Waals surface area contributed by atoms with Crippen LogP contribution in [0.2, 0.25) is 0 Å². The lowest BCUT2D eigenvalue weighted by Crippen LogP contribution is -2.30. The second-order valence-corrected chi connectivity index (χ2v) is 4.80. The van der Waals surface area contributed by atoms with Crippen LogP contribution in [0, 0.1) is 5.41 Å². The molecule has 1 aromatic rings. The van der Waals surface area contributed by atoms with Gasteiger partial charge in [-0.15, -0.1) is 0 Å². The van der Waals surface area contributed by atoms with Crippen LogP contribution in [0.3, 0.4) is 0 Å². The molecule has 96 valence electrons. The van der Waals surface area contributed by atoms with Crippen molar-refractivity contribution in [2.75, 3.05) is 25.1 Å². The zero-order valence-electron chi connectivity index (χ0n) is 10.1. The average Bonchev–Trinajstić information content (AvgIpc) is 3.19. The Morgan fingerprint density at radius 3 is 2.67 bits per heavy atom. The number of fused-ring (bicyclic) bond motifs is 1. The van der Waals surface area contributed by atoms with Crippen LogP contribution in [0.1, 0.15) is 12.8 Å². The second kappa shape index (κ2) is 4.17. The molecule has 1 saturated carbocycles.